The largest absolute Gasteiger partial charge is 0.379 e. The molecule has 1 aromatic heterocycles. The lowest BCUT2D eigenvalue weighted by Crippen LogP contribution is -2.38. The van der Waals surface area contributed by atoms with Gasteiger partial charge in [0.15, 0.2) is 0 Å². The highest BCUT2D eigenvalue weighted by atomic mass is 16.5. The van der Waals surface area contributed by atoms with E-state index in [-0.39, 0.29) is 11.8 Å². The van der Waals surface area contributed by atoms with Gasteiger partial charge in [-0.15, -0.1) is 0 Å². The molecule has 0 aliphatic carbocycles. The van der Waals surface area contributed by atoms with Crippen molar-refractivity contribution < 1.29 is 14.1 Å². The fourth-order valence-electron chi connectivity index (χ4n) is 3.81. The zero-order chi connectivity index (χ0) is 19.9. The number of aromatic nitrogens is 2. The Labute approximate surface area is 171 Å². The molecule has 0 saturated carbocycles. The van der Waals surface area contributed by atoms with Gasteiger partial charge >= 0.3 is 11.8 Å². The van der Waals surface area contributed by atoms with Crippen molar-refractivity contribution in [3.8, 4) is 11.4 Å². The Morgan fingerprint density at radius 1 is 1.03 bits per heavy atom. The number of nitrogens with zero attached hydrogens (tertiary/aromatic N) is 4. The molecule has 2 aromatic rings. The lowest BCUT2D eigenvalue weighted by atomic mass is 10.1. The van der Waals surface area contributed by atoms with Crippen LogP contribution in [0, 0.1) is 0 Å². The number of piperidine rings is 1. The first-order chi connectivity index (χ1) is 14.3. The molecule has 0 spiro atoms. The van der Waals surface area contributed by atoms with E-state index in [1.165, 1.54) is 24.9 Å². The predicted octanol–water partition coefficient (Wildman–Crippen LogP) is 2.18. The van der Waals surface area contributed by atoms with E-state index in [0.29, 0.717) is 12.4 Å². The molecule has 4 rings (SSSR count). The second-order valence-electron chi connectivity index (χ2n) is 7.58. The van der Waals surface area contributed by atoms with E-state index >= 15 is 0 Å². The molecule has 2 aliphatic rings. The average molecular weight is 399 g/mol. The van der Waals surface area contributed by atoms with E-state index in [9.17, 15) is 4.79 Å². The van der Waals surface area contributed by atoms with Crippen LogP contribution < -0.4 is 10.2 Å². The minimum Gasteiger partial charge on any atom is -0.379 e. The van der Waals surface area contributed by atoms with E-state index in [1.807, 2.05) is 12.1 Å². The van der Waals surface area contributed by atoms with Crippen LogP contribution >= 0.6 is 0 Å². The van der Waals surface area contributed by atoms with E-state index in [4.69, 9.17) is 9.26 Å². The van der Waals surface area contributed by atoms with E-state index < -0.39 is 0 Å². The third-order valence-electron chi connectivity index (χ3n) is 5.51. The van der Waals surface area contributed by atoms with Crippen molar-refractivity contribution in [3.05, 3.63) is 30.2 Å². The molecule has 0 radical (unpaired) electrons. The summed E-state index contributed by atoms with van der Waals surface area (Å²) in [6, 6.07) is 8.14. The number of rotatable bonds is 7. The van der Waals surface area contributed by atoms with Gasteiger partial charge in [-0.1, -0.05) is 5.16 Å². The van der Waals surface area contributed by atoms with Gasteiger partial charge in [-0.3, -0.25) is 9.69 Å². The highest BCUT2D eigenvalue weighted by molar-refractivity contribution is 5.89. The Balaban J connectivity index is 1.26. The van der Waals surface area contributed by atoms with Gasteiger partial charge in [0.1, 0.15) is 0 Å². The number of anilines is 1. The van der Waals surface area contributed by atoms with Crippen molar-refractivity contribution in [3.63, 3.8) is 0 Å². The minimum atomic E-state index is -0.323. The van der Waals surface area contributed by atoms with Crippen LogP contribution in [0.1, 0.15) is 36.4 Å². The first kappa shape index (κ1) is 19.8. The van der Waals surface area contributed by atoms with Crippen molar-refractivity contribution >= 4 is 11.6 Å². The van der Waals surface area contributed by atoms with Crippen molar-refractivity contribution in [2.24, 2.45) is 0 Å². The summed E-state index contributed by atoms with van der Waals surface area (Å²) < 4.78 is 10.5. The SMILES string of the molecule is O=C(NCCCN1CCOCC1)c1nc(-c2ccc(N3CCCCC3)cc2)no1. The van der Waals surface area contributed by atoms with Crippen LogP contribution in [0.5, 0.6) is 0 Å². The van der Waals surface area contributed by atoms with Crippen LogP contribution in [-0.4, -0.2) is 73.4 Å². The molecule has 8 heteroatoms. The second kappa shape index (κ2) is 9.84. The van der Waals surface area contributed by atoms with Gasteiger partial charge in [0.2, 0.25) is 5.82 Å². The summed E-state index contributed by atoms with van der Waals surface area (Å²) in [7, 11) is 0. The van der Waals surface area contributed by atoms with Crippen LogP contribution in [0.25, 0.3) is 11.4 Å². The summed E-state index contributed by atoms with van der Waals surface area (Å²) in [5.41, 5.74) is 2.07. The van der Waals surface area contributed by atoms with Crippen LogP contribution in [0.3, 0.4) is 0 Å². The van der Waals surface area contributed by atoms with Crippen molar-refractivity contribution in [1.29, 1.82) is 0 Å². The topological polar surface area (TPSA) is 83.7 Å². The maximum absolute atomic E-state index is 12.3. The lowest BCUT2D eigenvalue weighted by Gasteiger charge is -2.28. The molecule has 1 aromatic carbocycles. The maximum atomic E-state index is 12.3. The summed E-state index contributed by atoms with van der Waals surface area (Å²) in [4.78, 5) is 21.3. The van der Waals surface area contributed by atoms with Gasteiger partial charge in [0.05, 0.1) is 13.2 Å². The van der Waals surface area contributed by atoms with Crippen LogP contribution in [0.4, 0.5) is 5.69 Å². The van der Waals surface area contributed by atoms with Crippen molar-refractivity contribution in [2.75, 3.05) is 57.4 Å². The third-order valence-corrected chi connectivity index (χ3v) is 5.51. The molecule has 2 saturated heterocycles. The van der Waals surface area contributed by atoms with Crippen LogP contribution in [0.15, 0.2) is 28.8 Å². The smallest absolute Gasteiger partial charge is 0.316 e. The lowest BCUT2D eigenvalue weighted by molar-refractivity contribution is 0.0374. The molecule has 2 fully saturated rings. The first-order valence-electron chi connectivity index (χ1n) is 10.6. The third kappa shape index (κ3) is 5.33. The van der Waals surface area contributed by atoms with Crippen molar-refractivity contribution in [2.45, 2.75) is 25.7 Å². The summed E-state index contributed by atoms with van der Waals surface area (Å²) in [6.07, 6.45) is 4.69. The Morgan fingerprint density at radius 2 is 1.79 bits per heavy atom. The Morgan fingerprint density at radius 3 is 2.55 bits per heavy atom. The standard InChI is InChI=1S/C21H29N5O3/c27-20(22-9-4-10-25-13-15-28-16-14-25)21-23-19(24-29-21)17-5-7-18(8-6-17)26-11-2-1-3-12-26/h5-8H,1-4,9-16H2,(H,22,27). The molecular formula is C21H29N5O3. The van der Waals surface area contributed by atoms with Gasteiger partial charge in [-0.25, -0.2) is 0 Å². The fourth-order valence-corrected chi connectivity index (χ4v) is 3.81. The number of amides is 1. The van der Waals surface area contributed by atoms with Crippen molar-refractivity contribution in [1.82, 2.24) is 20.4 Å². The number of morpholine rings is 1. The van der Waals surface area contributed by atoms with Crippen LogP contribution in [-0.2, 0) is 4.74 Å². The van der Waals surface area contributed by atoms with E-state index in [2.05, 4.69) is 37.4 Å². The molecule has 0 unspecified atom stereocenters. The molecule has 2 aliphatic heterocycles. The number of carbonyl (C=O) groups is 1. The molecular weight excluding hydrogens is 370 g/mol. The zero-order valence-electron chi connectivity index (χ0n) is 16.8. The average Bonchev–Trinajstić information content (AvgIpc) is 3.29. The van der Waals surface area contributed by atoms with Crippen LogP contribution in [0.2, 0.25) is 0 Å². The highest BCUT2D eigenvalue weighted by Gasteiger charge is 2.17. The fraction of sp³-hybridized carbons (Fsp3) is 0.571. The second-order valence-corrected chi connectivity index (χ2v) is 7.58. The van der Waals surface area contributed by atoms with E-state index in [0.717, 1.165) is 57.9 Å². The molecule has 1 amide bonds. The Bertz CT molecular complexity index is 780. The number of ether oxygens (including phenoxy) is 1. The van der Waals surface area contributed by atoms with Gasteiger partial charge in [0, 0.05) is 44.0 Å². The normalized spacial score (nSPS) is 18.0. The quantitative estimate of drug-likeness (QED) is 0.715. The molecule has 8 nitrogen and oxygen atoms in total. The van der Waals surface area contributed by atoms with Gasteiger partial charge in [0.25, 0.3) is 0 Å². The highest BCUT2D eigenvalue weighted by Crippen LogP contribution is 2.23. The Kier molecular flexibility index (Phi) is 6.74. The monoisotopic (exact) mass is 399 g/mol. The summed E-state index contributed by atoms with van der Waals surface area (Å²) >= 11 is 0. The molecule has 1 N–H and O–H groups in total. The zero-order valence-corrected chi connectivity index (χ0v) is 16.8. The molecule has 29 heavy (non-hydrogen) atoms. The number of nitrogens with one attached hydrogen (secondary N) is 1. The van der Waals surface area contributed by atoms with Gasteiger partial charge in [-0.05, 0) is 56.5 Å². The molecule has 0 bridgehead atoms. The molecule has 156 valence electrons. The summed E-state index contributed by atoms with van der Waals surface area (Å²) in [6.45, 7) is 7.23. The molecule has 3 heterocycles. The summed E-state index contributed by atoms with van der Waals surface area (Å²) in [5.74, 6) is 0.121. The maximum Gasteiger partial charge on any atom is 0.316 e. The minimum absolute atomic E-state index is 0.00600. The van der Waals surface area contributed by atoms with Gasteiger partial charge < -0.3 is 19.5 Å². The van der Waals surface area contributed by atoms with Gasteiger partial charge in [-0.2, -0.15) is 4.98 Å². The Hall–Kier alpha value is -2.45. The summed E-state index contributed by atoms with van der Waals surface area (Å²) in [5, 5.41) is 6.82. The predicted molar refractivity (Wildman–Crippen MR) is 110 cm³/mol. The van der Waals surface area contributed by atoms with E-state index in [1.54, 1.807) is 0 Å². The number of benzene rings is 1. The number of hydrogen-bond acceptors (Lipinski definition) is 7. The number of hydrogen-bond donors (Lipinski definition) is 1. The number of carbonyl (C=O) groups excluding carboxylic acids is 1. The first-order valence-corrected chi connectivity index (χ1v) is 10.6. The molecule has 0 atom stereocenters.